The molecule has 1 aliphatic carbocycles. The van der Waals surface area contributed by atoms with Gasteiger partial charge < -0.3 is 10.1 Å². The molecule has 7 heteroatoms. The minimum atomic E-state index is -0.252. The van der Waals surface area contributed by atoms with E-state index in [0.29, 0.717) is 17.5 Å². The average molecular weight is 276 g/mol. The topological polar surface area (TPSA) is 84.4 Å². The zero-order valence-corrected chi connectivity index (χ0v) is 11.0. The smallest absolute Gasteiger partial charge is 0.263 e. The van der Waals surface area contributed by atoms with Gasteiger partial charge in [-0.25, -0.2) is 4.98 Å². The normalized spacial score (nSPS) is 18.7. The molecule has 1 fully saturated rings. The van der Waals surface area contributed by atoms with Gasteiger partial charge in [0.05, 0.1) is 6.20 Å². The van der Waals surface area contributed by atoms with Gasteiger partial charge >= 0.3 is 0 Å². The Labute approximate surface area is 116 Å². The molecule has 0 atom stereocenters. The molecule has 0 radical (unpaired) electrons. The van der Waals surface area contributed by atoms with Crippen LogP contribution >= 0.6 is 0 Å². The number of nitrogens with one attached hydrogen (secondary N) is 1. The average Bonchev–Trinajstić information content (AvgIpc) is 2.49. The maximum absolute atomic E-state index is 11.4. The van der Waals surface area contributed by atoms with Gasteiger partial charge in [-0.15, -0.1) is 0 Å². The molecule has 1 aliphatic heterocycles. The number of hydrogen-bond donors (Lipinski definition) is 1. The van der Waals surface area contributed by atoms with Gasteiger partial charge in [-0.1, -0.05) is 19.3 Å². The first kappa shape index (κ1) is 12.8. The predicted molar refractivity (Wildman–Crippen MR) is 71.6 cm³/mol. The Morgan fingerprint density at radius 1 is 1.35 bits per heavy atom. The number of carbonyl (C=O) groups is 2. The van der Waals surface area contributed by atoms with Crippen molar-refractivity contribution in [1.82, 2.24) is 9.97 Å². The van der Waals surface area contributed by atoms with E-state index >= 15 is 0 Å². The van der Waals surface area contributed by atoms with E-state index in [-0.39, 0.29) is 18.6 Å². The first-order chi connectivity index (χ1) is 9.78. The molecule has 1 saturated carbocycles. The Balaban J connectivity index is 1.86. The van der Waals surface area contributed by atoms with Crippen molar-refractivity contribution in [2.24, 2.45) is 0 Å². The summed E-state index contributed by atoms with van der Waals surface area (Å²) in [6, 6.07) is 0.138. The third-order valence-electron chi connectivity index (χ3n) is 3.67. The summed E-state index contributed by atoms with van der Waals surface area (Å²) in [5, 5.41) is 2.62. The van der Waals surface area contributed by atoms with Gasteiger partial charge in [0.15, 0.2) is 18.2 Å². The molecule has 0 spiro atoms. The van der Waals surface area contributed by atoms with E-state index in [2.05, 4.69) is 15.3 Å². The molecule has 2 aliphatic rings. The highest BCUT2D eigenvalue weighted by molar-refractivity contribution is 5.94. The highest BCUT2D eigenvalue weighted by atomic mass is 16.5. The highest BCUT2D eigenvalue weighted by Crippen LogP contribution is 2.29. The number of rotatable bonds is 3. The molecular weight excluding hydrogens is 260 g/mol. The minimum Gasteiger partial charge on any atom is -0.478 e. The highest BCUT2D eigenvalue weighted by Gasteiger charge is 2.25. The summed E-state index contributed by atoms with van der Waals surface area (Å²) in [7, 11) is 0. The molecule has 7 nitrogen and oxygen atoms in total. The third kappa shape index (κ3) is 2.43. The van der Waals surface area contributed by atoms with Gasteiger partial charge in [0.2, 0.25) is 12.4 Å². The van der Waals surface area contributed by atoms with Crippen LogP contribution in [0, 0.1) is 0 Å². The largest absolute Gasteiger partial charge is 0.478 e. The van der Waals surface area contributed by atoms with Crippen LogP contribution in [-0.2, 0) is 9.59 Å². The first-order valence-corrected chi connectivity index (χ1v) is 6.81. The molecule has 0 unspecified atom stereocenters. The summed E-state index contributed by atoms with van der Waals surface area (Å²) >= 11 is 0. The maximum Gasteiger partial charge on any atom is 0.263 e. The van der Waals surface area contributed by atoms with Crippen LogP contribution in [0.3, 0.4) is 0 Å². The fourth-order valence-electron chi connectivity index (χ4n) is 2.65. The zero-order valence-electron chi connectivity index (χ0n) is 11.0. The lowest BCUT2D eigenvalue weighted by Crippen LogP contribution is -2.37. The number of amides is 2. The molecule has 106 valence electrons. The molecule has 2 amide bonds. The second-order valence-electron chi connectivity index (χ2n) is 5.02. The van der Waals surface area contributed by atoms with E-state index < -0.39 is 0 Å². The van der Waals surface area contributed by atoms with E-state index in [1.54, 1.807) is 4.90 Å². The Bertz CT molecular complexity index is 528. The van der Waals surface area contributed by atoms with Crippen molar-refractivity contribution in [2.75, 3.05) is 16.8 Å². The molecular formula is C13H16N4O3. The quantitative estimate of drug-likeness (QED) is 0.836. The standard InChI is InChI=1S/C13H16N4O3/c18-8-17(9-4-2-1-3-5-9)13-14-6-10-12(16-13)15-11(19)7-20-10/h6,8-9H,1-5,7H2,(H,14,15,16,19). The van der Waals surface area contributed by atoms with Crippen molar-refractivity contribution in [2.45, 2.75) is 38.1 Å². The lowest BCUT2D eigenvalue weighted by atomic mass is 9.95. The summed E-state index contributed by atoms with van der Waals surface area (Å²) in [5.41, 5.74) is 0. The summed E-state index contributed by atoms with van der Waals surface area (Å²) in [5.74, 6) is 0.825. The maximum atomic E-state index is 11.4. The summed E-state index contributed by atoms with van der Waals surface area (Å²) in [6.45, 7) is -0.0320. The van der Waals surface area contributed by atoms with Gasteiger partial charge in [-0.05, 0) is 12.8 Å². The molecule has 0 bridgehead atoms. The predicted octanol–water partition coefficient (Wildman–Crippen LogP) is 1.10. The van der Waals surface area contributed by atoms with Crippen molar-refractivity contribution in [1.29, 1.82) is 0 Å². The summed E-state index contributed by atoms with van der Waals surface area (Å²) in [4.78, 5) is 32.6. The SMILES string of the molecule is O=CN(c1ncc2c(n1)NC(=O)CO2)C1CCCCC1. The van der Waals surface area contributed by atoms with Crippen LogP contribution in [0.5, 0.6) is 5.75 Å². The molecule has 3 rings (SSSR count). The zero-order chi connectivity index (χ0) is 13.9. The minimum absolute atomic E-state index is 0.0320. The van der Waals surface area contributed by atoms with E-state index in [9.17, 15) is 9.59 Å². The second-order valence-corrected chi connectivity index (χ2v) is 5.02. The Morgan fingerprint density at radius 2 is 2.15 bits per heavy atom. The lowest BCUT2D eigenvalue weighted by Gasteiger charge is -2.30. The van der Waals surface area contributed by atoms with Gasteiger partial charge in [-0.2, -0.15) is 4.98 Å². The van der Waals surface area contributed by atoms with Crippen molar-refractivity contribution in [3.8, 4) is 5.75 Å². The number of carbonyl (C=O) groups excluding carboxylic acids is 2. The van der Waals surface area contributed by atoms with Crippen LogP contribution in [0.2, 0.25) is 0 Å². The van der Waals surface area contributed by atoms with Gasteiger partial charge in [0, 0.05) is 6.04 Å². The van der Waals surface area contributed by atoms with E-state index in [4.69, 9.17) is 4.74 Å². The number of aromatic nitrogens is 2. The second kappa shape index (κ2) is 5.44. The monoisotopic (exact) mass is 276 g/mol. The van der Waals surface area contributed by atoms with Gasteiger partial charge in [0.25, 0.3) is 5.91 Å². The Hall–Kier alpha value is -2.18. The molecule has 20 heavy (non-hydrogen) atoms. The lowest BCUT2D eigenvalue weighted by molar-refractivity contribution is -0.118. The van der Waals surface area contributed by atoms with Crippen LogP contribution in [0.1, 0.15) is 32.1 Å². The van der Waals surface area contributed by atoms with Crippen molar-refractivity contribution < 1.29 is 14.3 Å². The summed E-state index contributed by atoms with van der Waals surface area (Å²) in [6.07, 6.45) is 7.61. The Kier molecular flexibility index (Phi) is 3.49. The van der Waals surface area contributed by atoms with Gasteiger partial charge in [-0.3, -0.25) is 14.5 Å². The molecule has 1 aromatic heterocycles. The number of fused-ring (bicyclic) bond motifs is 1. The molecule has 0 saturated heterocycles. The van der Waals surface area contributed by atoms with Crippen LogP contribution < -0.4 is 15.0 Å². The number of nitrogens with zero attached hydrogens (tertiary/aromatic N) is 3. The third-order valence-corrected chi connectivity index (χ3v) is 3.67. The number of ether oxygens (including phenoxy) is 1. The molecule has 0 aromatic carbocycles. The molecule has 1 aromatic rings. The van der Waals surface area contributed by atoms with Crippen molar-refractivity contribution >= 4 is 24.1 Å². The van der Waals surface area contributed by atoms with Crippen molar-refractivity contribution in [3.05, 3.63) is 6.20 Å². The van der Waals surface area contributed by atoms with Crippen LogP contribution in [0.25, 0.3) is 0 Å². The first-order valence-electron chi connectivity index (χ1n) is 6.81. The number of anilines is 2. The summed E-state index contributed by atoms with van der Waals surface area (Å²) < 4.78 is 5.21. The molecule has 2 heterocycles. The van der Waals surface area contributed by atoms with Crippen LogP contribution in [0.4, 0.5) is 11.8 Å². The van der Waals surface area contributed by atoms with Crippen LogP contribution in [0.15, 0.2) is 6.20 Å². The van der Waals surface area contributed by atoms with E-state index in [1.807, 2.05) is 0 Å². The van der Waals surface area contributed by atoms with Crippen LogP contribution in [-0.4, -0.2) is 34.9 Å². The number of hydrogen-bond acceptors (Lipinski definition) is 5. The fraction of sp³-hybridized carbons (Fsp3) is 0.538. The van der Waals surface area contributed by atoms with E-state index in [0.717, 1.165) is 32.1 Å². The fourth-order valence-corrected chi connectivity index (χ4v) is 2.65. The van der Waals surface area contributed by atoms with E-state index in [1.165, 1.54) is 12.6 Å². The Morgan fingerprint density at radius 3 is 2.90 bits per heavy atom. The molecule has 1 N–H and O–H groups in total. The van der Waals surface area contributed by atoms with Gasteiger partial charge in [0.1, 0.15) is 0 Å². The van der Waals surface area contributed by atoms with Crippen molar-refractivity contribution in [3.63, 3.8) is 0 Å².